The summed E-state index contributed by atoms with van der Waals surface area (Å²) in [6.45, 7) is 3.70. The molecule has 0 aliphatic rings. The number of phenols is 1. The third-order valence-electron chi connectivity index (χ3n) is 4.47. The number of phenolic OH excluding ortho intramolecular Hbond substituents is 1. The van der Waals surface area contributed by atoms with Gasteiger partial charge in [0, 0.05) is 0 Å². The van der Waals surface area contributed by atoms with Crippen LogP contribution >= 0.6 is 0 Å². The Morgan fingerprint density at radius 2 is 1.68 bits per heavy atom. The fraction of sp³-hybridized carbons (Fsp3) is 0.182. The van der Waals surface area contributed by atoms with Crippen LogP contribution in [-0.4, -0.2) is 34.9 Å². The normalized spacial score (nSPS) is 11.0. The summed E-state index contributed by atoms with van der Waals surface area (Å²) in [6.07, 6.45) is 3.14. The number of rotatable bonds is 6. The quantitative estimate of drug-likeness (QED) is 0.516. The molecule has 28 heavy (non-hydrogen) atoms. The van der Waals surface area contributed by atoms with E-state index >= 15 is 0 Å². The Hall–Kier alpha value is -3.54. The molecule has 0 aliphatic heterocycles. The van der Waals surface area contributed by atoms with Gasteiger partial charge in [-0.15, -0.1) is 0 Å². The molecule has 0 saturated heterocycles. The molecule has 1 heterocycles. The van der Waals surface area contributed by atoms with Gasteiger partial charge in [0.15, 0.2) is 17.3 Å². The molecule has 6 heteroatoms. The fourth-order valence-electron chi connectivity index (χ4n) is 3.09. The largest absolute Gasteiger partial charge is 0.502 e. The first kappa shape index (κ1) is 19.2. The molecule has 2 aromatic carbocycles. The average molecular weight is 378 g/mol. The van der Waals surface area contributed by atoms with E-state index in [1.54, 1.807) is 22.9 Å². The number of para-hydroxylation sites is 1. The van der Waals surface area contributed by atoms with Gasteiger partial charge in [0.1, 0.15) is 0 Å². The van der Waals surface area contributed by atoms with Crippen LogP contribution in [0, 0.1) is 13.8 Å². The topological polar surface area (TPSA) is 73.6 Å². The number of methoxy groups -OCH3 is 2. The van der Waals surface area contributed by atoms with Gasteiger partial charge < -0.3 is 14.6 Å². The first-order valence-electron chi connectivity index (χ1n) is 8.75. The van der Waals surface area contributed by atoms with Crippen molar-refractivity contribution in [2.24, 2.45) is 0 Å². The summed E-state index contributed by atoms with van der Waals surface area (Å²) < 4.78 is 12.1. The molecule has 0 fully saturated rings. The van der Waals surface area contributed by atoms with Gasteiger partial charge >= 0.3 is 0 Å². The number of hydrogen-bond donors (Lipinski definition) is 1. The van der Waals surface area contributed by atoms with Crippen LogP contribution < -0.4 is 9.47 Å². The zero-order chi connectivity index (χ0) is 20.3. The Morgan fingerprint density at radius 3 is 2.25 bits per heavy atom. The number of hydrogen-bond acceptors (Lipinski definition) is 5. The Balaban J connectivity index is 1.93. The highest BCUT2D eigenvalue weighted by atomic mass is 16.5. The number of aromatic hydroxyl groups is 1. The summed E-state index contributed by atoms with van der Waals surface area (Å²) >= 11 is 0. The third kappa shape index (κ3) is 3.62. The van der Waals surface area contributed by atoms with E-state index in [9.17, 15) is 9.90 Å². The highest BCUT2D eigenvalue weighted by Crippen LogP contribution is 2.37. The smallest absolute Gasteiger partial charge is 0.200 e. The van der Waals surface area contributed by atoms with Gasteiger partial charge in [0.25, 0.3) is 0 Å². The van der Waals surface area contributed by atoms with E-state index in [1.807, 2.05) is 44.2 Å². The predicted molar refractivity (Wildman–Crippen MR) is 108 cm³/mol. The lowest BCUT2D eigenvalue weighted by molar-refractivity contribution is 0.104. The van der Waals surface area contributed by atoms with Crippen LogP contribution in [0.2, 0.25) is 0 Å². The number of carbonyl (C=O) groups is 1. The van der Waals surface area contributed by atoms with Crippen molar-refractivity contribution in [3.05, 3.63) is 71.1 Å². The van der Waals surface area contributed by atoms with Crippen LogP contribution in [0.5, 0.6) is 17.2 Å². The maximum absolute atomic E-state index is 12.8. The third-order valence-corrected chi connectivity index (χ3v) is 4.47. The van der Waals surface area contributed by atoms with Crippen molar-refractivity contribution in [1.29, 1.82) is 0 Å². The lowest BCUT2D eigenvalue weighted by Crippen LogP contribution is -2.01. The number of ketones is 1. The zero-order valence-corrected chi connectivity index (χ0v) is 16.3. The van der Waals surface area contributed by atoms with Crippen molar-refractivity contribution < 1.29 is 19.4 Å². The van der Waals surface area contributed by atoms with E-state index in [4.69, 9.17) is 9.47 Å². The molecule has 144 valence electrons. The second-order valence-electron chi connectivity index (χ2n) is 6.26. The fourth-order valence-corrected chi connectivity index (χ4v) is 3.09. The maximum atomic E-state index is 12.8. The van der Waals surface area contributed by atoms with Crippen molar-refractivity contribution in [2.75, 3.05) is 14.2 Å². The number of nitrogens with zero attached hydrogens (tertiary/aromatic N) is 2. The van der Waals surface area contributed by atoms with Gasteiger partial charge in [-0.05, 0) is 49.8 Å². The summed E-state index contributed by atoms with van der Waals surface area (Å²) in [5, 5.41) is 14.5. The first-order chi connectivity index (χ1) is 13.5. The number of ether oxygens (including phenoxy) is 2. The Labute approximate surface area is 163 Å². The van der Waals surface area contributed by atoms with Gasteiger partial charge in [0.05, 0.1) is 36.9 Å². The summed E-state index contributed by atoms with van der Waals surface area (Å²) in [6, 6.07) is 12.9. The van der Waals surface area contributed by atoms with Gasteiger partial charge in [-0.3, -0.25) is 4.79 Å². The van der Waals surface area contributed by atoms with E-state index < -0.39 is 0 Å². The van der Waals surface area contributed by atoms with Gasteiger partial charge in [-0.1, -0.05) is 24.3 Å². The van der Waals surface area contributed by atoms with Gasteiger partial charge in [-0.25, -0.2) is 4.68 Å². The van der Waals surface area contributed by atoms with Crippen LogP contribution in [0.15, 0.2) is 48.5 Å². The van der Waals surface area contributed by atoms with E-state index in [1.165, 1.54) is 20.3 Å². The Morgan fingerprint density at radius 1 is 1.07 bits per heavy atom. The number of aromatic nitrogens is 2. The molecule has 0 saturated carbocycles. The molecule has 3 rings (SSSR count). The molecular weight excluding hydrogens is 356 g/mol. The van der Waals surface area contributed by atoms with Crippen LogP contribution in [0.3, 0.4) is 0 Å². The minimum absolute atomic E-state index is 0.0793. The average Bonchev–Trinajstić information content (AvgIpc) is 3.01. The second kappa shape index (κ2) is 8.00. The SMILES string of the molecule is COc1cc(/C=C/C(=O)c2c(C)nn(-c3ccccc3)c2C)cc(OC)c1O. The van der Waals surface area contributed by atoms with Gasteiger partial charge in [-0.2, -0.15) is 5.10 Å². The van der Waals surface area contributed by atoms with Crippen molar-refractivity contribution >= 4 is 11.9 Å². The van der Waals surface area contributed by atoms with Crippen molar-refractivity contribution in [3.63, 3.8) is 0 Å². The molecule has 1 N–H and O–H groups in total. The molecule has 0 spiro atoms. The minimum Gasteiger partial charge on any atom is -0.502 e. The van der Waals surface area contributed by atoms with E-state index in [0.717, 1.165) is 11.4 Å². The Kier molecular flexibility index (Phi) is 5.49. The van der Waals surface area contributed by atoms with E-state index in [-0.39, 0.29) is 23.0 Å². The highest BCUT2D eigenvalue weighted by molar-refractivity contribution is 6.08. The van der Waals surface area contributed by atoms with Crippen LogP contribution in [-0.2, 0) is 0 Å². The molecule has 0 amide bonds. The number of allylic oxidation sites excluding steroid dienone is 1. The molecule has 6 nitrogen and oxygen atoms in total. The molecule has 0 aliphatic carbocycles. The van der Waals surface area contributed by atoms with Crippen molar-refractivity contribution in [3.8, 4) is 22.9 Å². The summed E-state index contributed by atoms with van der Waals surface area (Å²) in [7, 11) is 2.91. The number of benzene rings is 2. The molecule has 1 aromatic heterocycles. The van der Waals surface area contributed by atoms with Crippen LogP contribution in [0.4, 0.5) is 0 Å². The predicted octanol–water partition coefficient (Wildman–Crippen LogP) is 4.11. The molecule has 0 unspecified atom stereocenters. The maximum Gasteiger partial charge on any atom is 0.200 e. The van der Waals surface area contributed by atoms with Gasteiger partial charge in [0.2, 0.25) is 5.75 Å². The zero-order valence-electron chi connectivity index (χ0n) is 16.3. The molecule has 0 atom stereocenters. The van der Waals surface area contributed by atoms with Crippen LogP contribution in [0.1, 0.15) is 27.3 Å². The molecule has 0 bridgehead atoms. The van der Waals surface area contributed by atoms with Crippen LogP contribution in [0.25, 0.3) is 11.8 Å². The van der Waals surface area contributed by atoms with E-state index in [0.29, 0.717) is 16.8 Å². The summed E-state index contributed by atoms with van der Waals surface area (Å²) in [4.78, 5) is 12.8. The van der Waals surface area contributed by atoms with Crippen molar-refractivity contribution in [2.45, 2.75) is 13.8 Å². The summed E-state index contributed by atoms with van der Waals surface area (Å²) in [5.41, 5.74) is 3.58. The highest BCUT2D eigenvalue weighted by Gasteiger charge is 2.18. The molecular formula is C22H22N2O4. The number of carbonyl (C=O) groups excluding carboxylic acids is 1. The molecule has 3 aromatic rings. The van der Waals surface area contributed by atoms with E-state index in [2.05, 4.69) is 5.10 Å². The lowest BCUT2D eigenvalue weighted by atomic mass is 10.1. The van der Waals surface area contributed by atoms with Crippen molar-refractivity contribution in [1.82, 2.24) is 9.78 Å². The standard InChI is InChI=1S/C22H22N2O4/c1-14-21(15(2)24(23-14)17-8-6-5-7-9-17)18(25)11-10-16-12-19(27-3)22(26)20(13-16)28-4/h5-13,26H,1-4H3/b11-10+. The summed E-state index contributed by atoms with van der Waals surface area (Å²) in [5.74, 6) is 0.318. The number of aryl methyl sites for hydroxylation is 1. The first-order valence-corrected chi connectivity index (χ1v) is 8.75. The second-order valence-corrected chi connectivity index (χ2v) is 6.26. The minimum atomic E-state index is -0.150. The molecule has 0 radical (unpaired) electrons. The monoisotopic (exact) mass is 378 g/mol. The Bertz CT molecular complexity index is 1010. The lowest BCUT2D eigenvalue weighted by Gasteiger charge is -2.09.